The van der Waals surface area contributed by atoms with Crippen molar-refractivity contribution in [1.29, 1.82) is 0 Å². The van der Waals surface area contributed by atoms with Crippen LogP contribution in [0.25, 0.3) is 0 Å². The quantitative estimate of drug-likeness (QED) is 0.756. The van der Waals surface area contributed by atoms with Gasteiger partial charge in [-0.25, -0.2) is 4.39 Å². The van der Waals surface area contributed by atoms with Crippen molar-refractivity contribution in [3.63, 3.8) is 0 Å². The van der Waals surface area contributed by atoms with E-state index < -0.39 is 11.7 Å². The van der Waals surface area contributed by atoms with Crippen molar-refractivity contribution in [2.75, 3.05) is 12.3 Å². The molecule has 0 unspecified atom stereocenters. The first kappa shape index (κ1) is 12.5. The van der Waals surface area contributed by atoms with Gasteiger partial charge in [0.2, 0.25) is 0 Å². The SMILES string of the molecule is CC(C)(C)CNC(=O)c1cc(N)ccc1F. The van der Waals surface area contributed by atoms with Crippen LogP contribution in [0.15, 0.2) is 18.2 Å². The third-order valence-corrected chi connectivity index (χ3v) is 2.01. The second kappa shape index (κ2) is 4.51. The summed E-state index contributed by atoms with van der Waals surface area (Å²) in [4.78, 5) is 11.7. The Morgan fingerprint density at radius 2 is 2.06 bits per heavy atom. The van der Waals surface area contributed by atoms with Crippen molar-refractivity contribution in [2.24, 2.45) is 5.41 Å². The predicted octanol–water partition coefficient (Wildman–Crippen LogP) is 2.18. The van der Waals surface area contributed by atoms with Gasteiger partial charge >= 0.3 is 0 Å². The van der Waals surface area contributed by atoms with Gasteiger partial charge in [-0.1, -0.05) is 20.8 Å². The average molecular weight is 224 g/mol. The molecule has 0 aliphatic carbocycles. The highest BCUT2D eigenvalue weighted by Gasteiger charge is 2.15. The Kier molecular flexibility index (Phi) is 3.52. The summed E-state index contributed by atoms with van der Waals surface area (Å²) in [6.07, 6.45) is 0. The molecule has 0 saturated heterocycles. The number of carbonyl (C=O) groups excluding carboxylic acids is 1. The van der Waals surface area contributed by atoms with E-state index in [4.69, 9.17) is 5.73 Å². The molecule has 88 valence electrons. The standard InChI is InChI=1S/C12H17FN2O/c1-12(2,3)7-15-11(16)9-6-8(14)4-5-10(9)13/h4-6H,7,14H2,1-3H3,(H,15,16). The topological polar surface area (TPSA) is 55.1 Å². The first-order valence-corrected chi connectivity index (χ1v) is 5.13. The molecule has 0 atom stereocenters. The third-order valence-electron chi connectivity index (χ3n) is 2.01. The Morgan fingerprint density at radius 1 is 1.44 bits per heavy atom. The molecular weight excluding hydrogens is 207 g/mol. The van der Waals surface area contributed by atoms with Crippen LogP contribution in [0.3, 0.4) is 0 Å². The summed E-state index contributed by atoms with van der Waals surface area (Å²) in [7, 11) is 0. The Balaban J connectivity index is 2.77. The second-order valence-electron chi connectivity index (χ2n) is 4.98. The molecule has 0 fully saturated rings. The summed E-state index contributed by atoms with van der Waals surface area (Å²) in [5.41, 5.74) is 5.83. The minimum absolute atomic E-state index is 0.00995. The van der Waals surface area contributed by atoms with E-state index in [2.05, 4.69) is 5.32 Å². The minimum atomic E-state index is -0.555. The van der Waals surface area contributed by atoms with E-state index in [1.807, 2.05) is 20.8 Å². The average Bonchev–Trinajstić information content (AvgIpc) is 2.17. The normalized spacial score (nSPS) is 11.2. The summed E-state index contributed by atoms with van der Waals surface area (Å²) >= 11 is 0. The summed E-state index contributed by atoms with van der Waals surface area (Å²) in [6.45, 7) is 6.45. The first-order chi connectivity index (χ1) is 7.29. The van der Waals surface area contributed by atoms with Crippen LogP contribution in [0.1, 0.15) is 31.1 Å². The van der Waals surface area contributed by atoms with Crippen molar-refractivity contribution in [3.05, 3.63) is 29.6 Å². The lowest BCUT2D eigenvalue weighted by molar-refractivity contribution is 0.0935. The van der Waals surface area contributed by atoms with Gasteiger partial charge in [0.25, 0.3) is 5.91 Å². The van der Waals surface area contributed by atoms with Crippen LogP contribution in [0.4, 0.5) is 10.1 Å². The van der Waals surface area contributed by atoms with Crippen LogP contribution in [0.5, 0.6) is 0 Å². The van der Waals surface area contributed by atoms with Gasteiger partial charge in [-0.05, 0) is 23.6 Å². The lowest BCUT2D eigenvalue weighted by Crippen LogP contribution is -2.32. The second-order valence-corrected chi connectivity index (χ2v) is 4.98. The first-order valence-electron chi connectivity index (χ1n) is 5.13. The Labute approximate surface area is 94.8 Å². The van der Waals surface area contributed by atoms with Gasteiger partial charge in [0.15, 0.2) is 0 Å². The molecule has 0 spiro atoms. The maximum absolute atomic E-state index is 13.3. The van der Waals surface area contributed by atoms with Crippen LogP contribution in [-0.4, -0.2) is 12.5 Å². The van der Waals surface area contributed by atoms with Crippen molar-refractivity contribution in [3.8, 4) is 0 Å². The number of amides is 1. The molecule has 3 N–H and O–H groups in total. The van der Waals surface area contributed by atoms with Crippen LogP contribution >= 0.6 is 0 Å². The zero-order valence-corrected chi connectivity index (χ0v) is 9.80. The van der Waals surface area contributed by atoms with E-state index in [0.29, 0.717) is 12.2 Å². The number of nitrogens with two attached hydrogens (primary N) is 1. The van der Waals surface area contributed by atoms with E-state index in [1.54, 1.807) is 0 Å². The lowest BCUT2D eigenvalue weighted by Gasteiger charge is -2.18. The molecule has 1 aromatic carbocycles. The number of halogens is 1. The van der Waals surface area contributed by atoms with E-state index in [0.717, 1.165) is 0 Å². The number of anilines is 1. The molecule has 0 aliphatic heterocycles. The molecule has 3 nitrogen and oxygen atoms in total. The van der Waals surface area contributed by atoms with E-state index in [-0.39, 0.29) is 11.0 Å². The van der Waals surface area contributed by atoms with E-state index in [9.17, 15) is 9.18 Å². The zero-order valence-electron chi connectivity index (χ0n) is 9.80. The molecule has 0 saturated carbocycles. The highest BCUT2D eigenvalue weighted by Crippen LogP contribution is 2.14. The van der Waals surface area contributed by atoms with Crippen molar-refractivity contribution < 1.29 is 9.18 Å². The van der Waals surface area contributed by atoms with Gasteiger partial charge in [0.05, 0.1) is 5.56 Å². The number of hydrogen-bond donors (Lipinski definition) is 2. The van der Waals surface area contributed by atoms with Crippen molar-refractivity contribution in [2.45, 2.75) is 20.8 Å². The molecule has 1 aromatic rings. The van der Waals surface area contributed by atoms with Gasteiger partial charge in [0, 0.05) is 12.2 Å². The molecule has 4 heteroatoms. The largest absolute Gasteiger partial charge is 0.399 e. The molecule has 0 radical (unpaired) electrons. The number of carbonyl (C=O) groups is 1. The summed E-state index contributed by atoms with van der Waals surface area (Å²) < 4.78 is 13.3. The summed E-state index contributed by atoms with van der Waals surface area (Å²) in [5.74, 6) is -0.986. The molecule has 1 amide bonds. The summed E-state index contributed by atoms with van der Waals surface area (Å²) in [5, 5.41) is 2.67. The van der Waals surface area contributed by atoms with Gasteiger partial charge in [0.1, 0.15) is 5.82 Å². The maximum Gasteiger partial charge on any atom is 0.254 e. The minimum Gasteiger partial charge on any atom is -0.399 e. The fourth-order valence-corrected chi connectivity index (χ4v) is 1.16. The molecule has 16 heavy (non-hydrogen) atoms. The molecule has 0 heterocycles. The smallest absolute Gasteiger partial charge is 0.254 e. The highest BCUT2D eigenvalue weighted by atomic mass is 19.1. The predicted molar refractivity (Wildman–Crippen MR) is 62.6 cm³/mol. The fraction of sp³-hybridized carbons (Fsp3) is 0.417. The number of hydrogen-bond acceptors (Lipinski definition) is 2. The molecule has 0 aliphatic rings. The molecule has 0 aromatic heterocycles. The van der Waals surface area contributed by atoms with Gasteiger partial charge in [-0.2, -0.15) is 0 Å². The van der Waals surface area contributed by atoms with Crippen LogP contribution in [-0.2, 0) is 0 Å². The maximum atomic E-state index is 13.3. The van der Waals surface area contributed by atoms with Crippen molar-refractivity contribution in [1.82, 2.24) is 5.32 Å². The fourth-order valence-electron chi connectivity index (χ4n) is 1.16. The number of nitrogen functional groups attached to an aromatic ring is 1. The summed E-state index contributed by atoms with van der Waals surface area (Å²) in [6, 6.07) is 3.96. The van der Waals surface area contributed by atoms with Gasteiger partial charge in [-0.15, -0.1) is 0 Å². The number of rotatable bonds is 2. The molecule has 1 rings (SSSR count). The number of nitrogens with one attached hydrogen (secondary N) is 1. The van der Waals surface area contributed by atoms with E-state index >= 15 is 0 Å². The van der Waals surface area contributed by atoms with Gasteiger partial charge in [-0.3, -0.25) is 4.79 Å². The van der Waals surface area contributed by atoms with Crippen molar-refractivity contribution >= 4 is 11.6 Å². The molecule has 0 bridgehead atoms. The molecular formula is C12H17FN2O. The highest BCUT2D eigenvalue weighted by molar-refractivity contribution is 5.95. The zero-order chi connectivity index (χ0) is 12.3. The van der Waals surface area contributed by atoms with Crippen LogP contribution in [0, 0.1) is 11.2 Å². The van der Waals surface area contributed by atoms with Crippen LogP contribution < -0.4 is 11.1 Å². The Hall–Kier alpha value is -1.58. The Bertz CT molecular complexity index is 396. The Morgan fingerprint density at radius 3 is 2.62 bits per heavy atom. The third kappa shape index (κ3) is 3.53. The monoisotopic (exact) mass is 224 g/mol. The lowest BCUT2D eigenvalue weighted by atomic mass is 9.97. The van der Waals surface area contributed by atoms with Crippen LogP contribution in [0.2, 0.25) is 0 Å². The number of benzene rings is 1. The van der Waals surface area contributed by atoms with Gasteiger partial charge < -0.3 is 11.1 Å². The van der Waals surface area contributed by atoms with E-state index in [1.165, 1.54) is 18.2 Å².